The van der Waals surface area contributed by atoms with E-state index in [2.05, 4.69) is 20.4 Å². The fourth-order valence-electron chi connectivity index (χ4n) is 2.13. The van der Waals surface area contributed by atoms with Crippen molar-refractivity contribution in [1.29, 1.82) is 0 Å². The number of carbonyl (C=O) groups is 1. The Bertz CT molecular complexity index is 484. The molecule has 0 N–H and O–H groups in total. The SMILES string of the molecule is C=CC(CC(=O)OC(C)(C)C)c1cccc(OC)c1.CCCCC. The second-order valence-corrected chi connectivity index (χ2v) is 6.76. The van der Waals surface area contributed by atoms with Crippen LogP contribution in [0.3, 0.4) is 0 Å². The average Bonchev–Trinajstić information content (AvgIpc) is 2.52. The molecule has 1 unspecified atom stereocenters. The molecule has 1 atom stereocenters. The molecule has 0 fully saturated rings. The van der Waals surface area contributed by atoms with Crippen molar-refractivity contribution in [3.8, 4) is 5.75 Å². The lowest BCUT2D eigenvalue weighted by Crippen LogP contribution is -2.24. The van der Waals surface area contributed by atoms with Crippen LogP contribution in [0.4, 0.5) is 0 Å². The van der Waals surface area contributed by atoms with Crippen LogP contribution < -0.4 is 4.74 Å². The van der Waals surface area contributed by atoms with E-state index in [1.54, 1.807) is 13.2 Å². The Labute approximate surface area is 148 Å². The molecular formula is C21H34O3. The number of benzene rings is 1. The van der Waals surface area contributed by atoms with Gasteiger partial charge in [-0.1, -0.05) is 51.3 Å². The van der Waals surface area contributed by atoms with Crippen LogP contribution in [0.1, 0.15) is 71.8 Å². The van der Waals surface area contributed by atoms with Crippen LogP contribution in [0.15, 0.2) is 36.9 Å². The first-order valence-corrected chi connectivity index (χ1v) is 8.75. The summed E-state index contributed by atoms with van der Waals surface area (Å²) in [6.07, 6.45) is 6.12. The lowest BCUT2D eigenvalue weighted by atomic mass is 9.95. The van der Waals surface area contributed by atoms with Crippen LogP contribution in [0.25, 0.3) is 0 Å². The van der Waals surface area contributed by atoms with Gasteiger partial charge in [-0.3, -0.25) is 4.79 Å². The van der Waals surface area contributed by atoms with Crippen molar-refractivity contribution >= 4 is 5.97 Å². The first kappa shape index (κ1) is 22.2. The fourth-order valence-corrected chi connectivity index (χ4v) is 2.13. The van der Waals surface area contributed by atoms with Gasteiger partial charge in [0.25, 0.3) is 0 Å². The zero-order chi connectivity index (χ0) is 18.6. The number of rotatable bonds is 7. The number of unbranched alkanes of at least 4 members (excludes halogenated alkanes) is 2. The molecule has 0 spiro atoms. The van der Waals surface area contributed by atoms with Gasteiger partial charge in [-0.05, 0) is 38.5 Å². The summed E-state index contributed by atoms with van der Waals surface area (Å²) in [6, 6.07) is 7.65. The summed E-state index contributed by atoms with van der Waals surface area (Å²) < 4.78 is 10.5. The number of ether oxygens (including phenoxy) is 2. The van der Waals surface area contributed by atoms with Crippen molar-refractivity contribution in [3.63, 3.8) is 0 Å². The van der Waals surface area contributed by atoms with Gasteiger partial charge in [0, 0.05) is 5.92 Å². The molecule has 0 aromatic heterocycles. The highest BCUT2D eigenvalue weighted by atomic mass is 16.6. The Balaban J connectivity index is 0.000000922. The molecule has 1 aromatic carbocycles. The van der Waals surface area contributed by atoms with E-state index in [4.69, 9.17) is 9.47 Å². The van der Waals surface area contributed by atoms with Crippen LogP contribution >= 0.6 is 0 Å². The van der Waals surface area contributed by atoms with Gasteiger partial charge < -0.3 is 9.47 Å². The number of allylic oxidation sites excluding steroid dienone is 1. The van der Waals surface area contributed by atoms with Gasteiger partial charge in [-0.25, -0.2) is 0 Å². The van der Waals surface area contributed by atoms with Crippen LogP contribution in [0.2, 0.25) is 0 Å². The zero-order valence-corrected chi connectivity index (χ0v) is 16.2. The summed E-state index contributed by atoms with van der Waals surface area (Å²) in [7, 11) is 1.62. The van der Waals surface area contributed by atoms with E-state index in [-0.39, 0.29) is 18.3 Å². The first-order chi connectivity index (χ1) is 11.3. The maximum absolute atomic E-state index is 11.9. The molecule has 0 saturated heterocycles. The largest absolute Gasteiger partial charge is 0.497 e. The summed E-state index contributed by atoms with van der Waals surface area (Å²) in [5.74, 6) is 0.485. The summed E-state index contributed by atoms with van der Waals surface area (Å²) in [6.45, 7) is 13.8. The third kappa shape index (κ3) is 10.1. The Hall–Kier alpha value is -1.77. The van der Waals surface area contributed by atoms with Crippen molar-refractivity contribution in [2.75, 3.05) is 7.11 Å². The third-order valence-corrected chi connectivity index (χ3v) is 3.32. The molecule has 24 heavy (non-hydrogen) atoms. The summed E-state index contributed by atoms with van der Waals surface area (Å²) >= 11 is 0. The van der Waals surface area contributed by atoms with Gasteiger partial charge in [0.05, 0.1) is 13.5 Å². The minimum atomic E-state index is -0.461. The van der Waals surface area contributed by atoms with Crippen molar-refractivity contribution in [2.45, 2.75) is 71.8 Å². The molecule has 0 aliphatic carbocycles. The van der Waals surface area contributed by atoms with Gasteiger partial charge in [0.2, 0.25) is 0 Å². The molecular weight excluding hydrogens is 300 g/mol. The lowest BCUT2D eigenvalue weighted by molar-refractivity contribution is -0.155. The van der Waals surface area contributed by atoms with E-state index >= 15 is 0 Å². The predicted molar refractivity (Wildman–Crippen MR) is 102 cm³/mol. The van der Waals surface area contributed by atoms with Crippen molar-refractivity contribution < 1.29 is 14.3 Å². The molecule has 0 saturated carbocycles. The standard InChI is InChI=1S/C16H22O3.C5H12/c1-6-12(11-15(17)19-16(2,3)4)13-8-7-9-14(10-13)18-5;1-3-5-4-2/h6-10,12H,1,11H2,2-5H3;3-5H2,1-2H3. The highest BCUT2D eigenvalue weighted by Gasteiger charge is 2.20. The number of hydrogen-bond donors (Lipinski definition) is 0. The number of carbonyl (C=O) groups excluding carboxylic acids is 1. The minimum Gasteiger partial charge on any atom is -0.497 e. The smallest absolute Gasteiger partial charge is 0.307 e. The number of methoxy groups -OCH3 is 1. The van der Waals surface area contributed by atoms with E-state index in [0.717, 1.165) is 11.3 Å². The Morgan fingerprint density at radius 3 is 2.29 bits per heavy atom. The Morgan fingerprint density at radius 2 is 1.88 bits per heavy atom. The van der Waals surface area contributed by atoms with Gasteiger partial charge in [0.1, 0.15) is 11.4 Å². The molecule has 0 radical (unpaired) electrons. The van der Waals surface area contributed by atoms with Gasteiger partial charge in [-0.15, -0.1) is 6.58 Å². The lowest BCUT2D eigenvalue weighted by Gasteiger charge is -2.21. The second kappa shape index (κ2) is 11.7. The van der Waals surface area contributed by atoms with Crippen molar-refractivity contribution in [1.82, 2.24) is 0 Å². The number of esters is 1. The number of hydrogen-bond acceptors (Lipinski definition) is 3. The zero-order valence-electron chi connectivity index (χ0n) is 16.2. The summed E-state index contributed by atoms with van der Waals surface area (Å²) in [4.78, 5) is 11.9. The van der Waals surface area contributed by atoms with E-state index in [1.165, 1.54) is 19.3 Å². The first-order valence-electron chi connectivity index (χ1n) is 8.75. The molecule has 0 heterocycles. The fraction of sp³-hybridized carbons (Fsp3) is 0.571. The maximum Gasteiger partial charge on any atom is 0.307 e. The van der Waals surface area contributed by atoms with Crippen LogP contribution in [0, 0.1) is 0 Å². The molecule has 0 bridgehead atoms. The van der Waals surface area contributed by atoms with Gasteiger partial charge in [-0.2, -0.15) is 0 Å². The molecule has 0 aliphatic heterocycles. The molecule has 1 rings (SSSR count). The predicted octanol–water partition coefficient (Wildman–Crippen LogP) is 5.89. The molecule has 1 aromatic rings. The van der Waals surface area contributed by atoms with Crippen LogP contribution in [-0.4, -0.2) is 18.7 Å². The molecule has 3 heteroatoms. The van der Waals surface area contributed by atoms with Gasteiger partial charge in [0.15, 0.2) is 0 Å². The van der Waals surface area contributed by atoms with E-state index in [9.17, 15) is 4.79 Å². The van der Waals surface area contributed by atoms with Crippen molar-refractivity contribution in [2.24, 2.45) is 0 Å². The van der Waals surface area contributed by atoms with Crippen LogP contribution in [-0.2, 0) is 9.53 Å². The van der Waals surface area contributed by atoms with E-state index in [0.29, 0.717) is 0 Å². The summed E-state index contributed by atoms with van der Waals surface area (Å²) in [5, 5.41) is 0. The van der Waals surface area contributed by atoms with Crippen molar-refractivity contribution in [3.05, 3.63) is 42.5 Å². The third-order valence-electron chi connectivity index (χ3n) is 3.32. The Morgan fingerprint density at radius 1 is 1.25 bits per heavy atom. The van der Waals surface area contributed by atoms with Crippen LogP contribution in [0.5, 0.6) is 5.75 Å². The average molecular weight is 335 g/mol. The minimum absolute atomic E-state index is 0.0649. The highest BCUT2D eigenvalue weighted by molar-refractivity contribution is 5.71. The topological polar surface area (TPSA) is 35.5 Å². The quantitative estimate of drug-likeness (QED) is 0.460. The normalized spacial score (nSPS) is 11.8. The molecule has 0 aliphatic rings. The highest BCUT2D eigenvalue weighted by Crippen LogP contribution is 2.25. The van der Waals surface area contributed by atoms with Gasteiger partial charge >= 0.3 is 5.97 Å². The maximum atomic E-state index is 11.9. The monoisotopic (exact) mass is 334 g/mol. The molecule has 3 nitrogen and oxygen atoms in total. The van der Waals surface area contributed by atoms with E-state index < -0.39 is 5.60 Å². The molecule has 136 valence electrons. The second-order valence-electron chi connectivity index (χ2n) is 6.76. The summed E-state index contributed by atoms with van der Waals surface area (Å²) in [5.41, 5.74) is 0.539. The molecule has 0 amide bonds. The Kier molecular flexibility index (Phi) is 10.9. The van der Waals surface area contributed by atoms with E-state index in [1.807, 2.05) is 45.0 Å².